The minimum Gasteiger partial charge on any atom is -0.0851 e. The molecule has 0 N–H and O–H groups in total. The van der Waals surface area contributed by atoms with Gasteiger partial charge in [0.25, 0.3) is 0 Å². The van der Waals surface area contributed by atoms with Gasteiger partial charge in [-0.25, -0.2) is 0 Å². The van der Waals surface area contributed by atoms with Gasteiger partial charge in [-0.2, -0.15) is 0 Å². The summed E-state index contributed by atoms with van der Waals surface area (Å²) in [6, 6.07) is 0. The fraction of sp³-hybridized carbons (Fsp3) is 0.800. The van der Waals surface area contributed by atoms with Crippen LogP contribution in [0.2, 0.25) is 0 Å². The van der Waals surface area contributed by atoms with Crippen molar-refractivity contribution in [3.8, 4) is 0 Å². The maximum Gasteiger partial charge on any atom is -0.0113 e. The molecule has 1 unspecified atom stereocenters. The first-order chi connectivity index (χ1) is 9.36. The number of fused-ring (bicyclic) bond motifs is 3. The average molecular weight is 272 g/mol. The van der Waals surface area contributed by atoms with E-state index in [1.54, 1.807) is 11.1 Å². The lowest BCUT2D eigenvalue weighted by atomic mass is 9.52. The third kappa shape index (κ3) is 2.11. The van der Waals surface area contributed by atoms with E-state index < -0.39 is 0 Å². The van der Waals surface area contributed by atoms with Gasteiger partial charge in [-0.05, 0) is 88.4 Å². The summed E-state index contributed by atoms with van der Waals surface area (Å²) in [7, 11) is 0. The molecule has 0 amide bonds. The highest BCUT2D eigenvalue weighted by atomic mass is 14.6. The minimum absolute atomic E-state index is 0.562. The fourth-order valence-corrected chi connectivity index (χ4v) is 5.54. The predicted molar refractivity (Wildman–Crippen MR) is 87.6 cm³/mol. The Morgan fingerprint density at radius 1 is 1.05 bits per heavy atom. The molecule has 3 rings (SSSR count). The monoisotopic (exact) mass is 272 g/mol. The van der Waals surface area contributed by atoms with Crippen LogP contribution in [0.25, 0.3) is 0 Å². The van der Waals surface area contributed by atoms with Crippen LogP contribution in [0.1, 0.15) is 79.6 Å². The van der Waals surface area contributed by atoms with Gasteiger partial charge in [-0.1, -0.05) is 36.6 Å². The molecule has 2 fully saturated rings. The zero-order chi connectivity index (χ0) is 14.5. The van der Waals surface area contributed by atoms with Crippen LogP contribution in [0.5, 0.6) is 0 Å². The Hall–Kier alpha value is -0.520. The molecule has 0 spiro atoms. The van der Waals surface area contributed by atoms with Gasteiger partial charge in [0.05, 0.1) is 0 Å². The van der Waals surface area contributed by atoms with Crippen molar-refractivity contribution in [1.29, 1.82) is 0 Å². The van der Waals surface area contributed by atoms with Gasteiger partial charge in [0.1, 0.15) is 0 Å². The van der Waals surface area contributed by atoms with E-state index in [-0.39, 0.29) is 0 Å². The Balaban J connectivity index is 2.01. The van der Waals surface area contributed by atoms with Crippen LogP contribution in [-0.2, 0) is 0 Å². The van der Waals surface area contributed by atoms with Gasteiger partial charge < -0.3 is 0 Å². The second kappa shape index (κ2) is 4.75. The van der Waals surface area contributed by atoms with Gasteiger partial charge in [0.15, 0.2) is 0 Å². The van der Waals surface area contributed by atoms with Crippen LogP contribution in [0.4, 0.5) is 0 Å². The normalized spacial score (nSPS) is 44.5. The van der Waals surface area contributed by atoms with Gasteiger partial charge in [0.2, 0.25) is 0 Å². The molecule has 0 heterocycles. The van der Waals surface area contributed by atoms with Gasteiger partial charge in [-0.15, -0.1) is 0 Å². The van der Waals surface area contributed by atoms with Crippen molar-refractivity contribution in [1.82, 2.24) is 0 Å². The van der Waals surface area contributed by atoms with E-state index in [9.17, 15) is 0 Å². The quantitative estimate of drug-likeness (QED) is 0.455. The Bertz CT molecular complexity index is 462. The molecule has 4 atom stereocenters. The van der Waals surface area contributed by atoms with E-state index in [2.05, 4.69) is 40.7 Å². The molecule has 0 radical (unpaired) electrons. The standard InChI is InChI=1S/C20H32/c1-14(2)16-9-11-20(5)13-12-19(4)10-8-15(3)6-7-17(19)18(16)20/h8,17-18H,6-7,9-13H2,1-5H3/t17-,18?,19-,20-/m1/s1. The molecule has 2 saturated carbocycles. The number of rotatable bonds is 0. The van der Waals surface area contributed by atoms with Crippen molar-refractivity contribution in [2.45, 2.75) is 79.6 Å². The van der Waals surface area contributed by atoms with Crippen LogP contribution in [0.3, 0.4) is 0 Å². The van der Waals surface area contributed by atoms with Gasteiger partial charge >= 0.3 is 0 Å². The number of hydrogen-bond donors (Lipinski definition) is 0. The molecular weight excluding hydrogens is 240 g/mol. The van der Waals surface area contributed by atoms with Gasteiger partial charge in [-0.3, -0.25) is 0 Å². The molecule has 0 nitrogen and oxygen atoms in total. The highest BCUT2D eigenvalue weighted by molar-refractivity contribution is 5.26. The van der Waals surface area contributed by atoms with Crippen LogP contribution in [0.15, 0.2) is 22.8 Å². The Morgan fingerprint density at radius 2 is 1.75 bits per heavy atom. The molecule has 3 aliphatic rings. The van der Waals surface area contributed by atoms with Crippen LogP contribution < -0.4 is 0 Å². The highest BCUT2D eigenvalue weighted by Gasteiger charge is 2.54. The first-order valence-electron chi connectivity index (χ1n) is 8.68. The minimum atomic E-state index is 0.562. The molecule has 0 aliphatic heterocycles. The van der Waals surface area contributed by atoms with E-state index in [1.807, 2.05) is 5.57 Å². The SMILES string of the molecule is CC1=CC[C@]2(C)CC[C@@]3(C)CCC(=C(C)C)C3[C@H]2CC1. The summed E-state index contributed by atoms with van der Waals surface area (Å²) in [4.78, 5) is 0. The summed E-state index contributed by atoms with van der Waals surface area (Å²) in [6.45, 7) is 12.2. The first kappa shape index (κ1) is 14.4. The van der Waals surface area contributed by atoms with E-state index in [0.717, 1.165) is 11.8 Å². The Morgan fingerprint density at radius 3 is 2.45 bits per heavy atom. The van der Waals surface area contributed by atoms with Crippen LogP contribution in [0, 0.1) is 22.7 Å². The molecule has 20 heavy (non-hydrogen) atoms. The smallest absolute Gasteiger partial charge is 0.0113 e. The predicted octanol–water partition coefficient (Wildman–Crippen LogP) is 6.29. The van der Waals surface area contributed by atoms with E-state index in [4.69, 9.17) is 0 Å². The largest absolute Gasteiger partial charge is 0.0851 e. The molecule has 0 bridgehead atoms. The lowest BCUT2D eigenvalue weighted by molar-refractivity contribution is -0.00684. The number of hydrogen-bond acceptors (Lipinski definition) is 0. The van der Waals surface area contributed by atoms with Crippen molar-refractivity contribution in [2.24, 2.45) is 22.7 Å². The highest BCUT2D eigenvalue weighted by Crippen LogP contribution is 2.64. The van der Waals surface area contributed by atoms with Crippen molar-refractivity contribution in [3.05, 3.63) is 22.8 Å². The maximum absolute atomic E-state index is 2.60. The summed E-state index contributed by atoms with van der Waals surface area (Å²) in [5, 5.41) is 0. The molecule has 0 aromatic rings. The summed E-state index contributed by atoms with van der Waals surface area (Å²) >= 11 is 0. The Labute approximate surface area is 125 Å². The van der Waals surface area contributed by atoms with Crippen LogP contribution >= 0.6 is 0 Å². The molecular formula is C20H32. The molecule has 0 aromatic carbocycles. The van der Waals surface area contributed by atoms with Crippen molar-refractivity contribution < 1.29 is 0 Å². The zero-order valence-electron chi connectivity index (χ0n) is 14.2. The molecule has 112 valence electrons. The molecule has 0 saturated heterocycles. The summed E-state index contributed by atoms with van der Waals surface area (Å²) in [6.07, 6.45) is 12.4. The van der Waals surface area contributed by atoms with Crippen molar-refractivity contribution in [2.75, 3.05) is 0 Å². The molecule has 3 aliphatic carbocycles. The Kier molecular flexibility index (Phi) is 3.42. The summed E-state index contributed by atoms with van der Waals surface area (Å²) in [5.74, 6) is 1.80. The zero-order valence-corrected chi connectivity index (χ0v) is 14.2. The lowest BCUT2D eigenvalue weighted by Gasteiger charge is -2.52. The summed E-state index contributed by atoms with van der Waals surface area (Å²) in [5.41, 5.74) is 6.26. The fourth-order valence-electron chi connectivity index (χ4n) is 5.54. The van der Waals surface area contributed by atoms with E-state index >= 15 is 0 Å². The first-order valence-corrected chi connectivity index (χ1v) is 8.68. The summed E-state index contributed by atoms with van der Waals surface area (Å²) < 4.78 is 0. The van der Waals surface area contributed by atoms with Gasteiger partial charge in [0, 0.05) is 0 Å². The maximum atomic E-state index is 2.60. The second-order valence-electron chi connectivity index (χ2n) is 8.71. The third-order valence-corrected chi connectivity index (χ3v) is 7.07. The number of allylic oxidation sites excluding steroid dienone is 4. The second-order valence-corrected chi connectivity index (χ2v) is 8.71. The lowest BCUT2D eigenvalue weighted by Crippen LogP contribution is -2.44. The molecule has 0 heteroatoms. The van der Waals surface area contributed by atoms with Crippen LogP contribution in [-0.4, -0.2) is 0 Å². The van der Waals surface area contributed by atoms with E-state index in [0.29, 0.717) is 10.8 Å². The molecule has 0 aromatic heterocycles. The van der Waals surface area contributed by atoms with Crippen molar-refractivity contribution in [3.63, 3.8) is 0 Å². The topological polar surface area (TPSA) is 0 Å². The third-order valence-electron chi connectivity index (χ3n) is 7.07. The average Bonchev–Trinajstić information content (AvgIpc) is 2.66. The van der Waals surface area contributed by atoms with E-state index in [1.165, 1.54) is 44.9 Å². The van der Waals surface area contributed by atoms with Crippen molar-refractivity contribution >= 4 is 0 Å².